The molecule has 1 saturated carbocycles. The molecule has 1 aliphatic rings. The average Bonchev–Trinajstić information content (AvgIpc) is 2.54. The first-order valence-electron chi connectivity index (χ1n) is 4.87. The van der Waals surface area contributed by atoms with Crippen LogP contribution in [0.15, 0.2) is 0 Å². The van der Waals surface area contributed by atoms with Crippen molar-refractivity contribution in [2.45, 2.75) is 44.2 Å². The van der Waals surface area contributed by atoms with E-state index in [-0.39, 0.29) is 11.4 Å². The number of nitrogens with one attached hydrogen (secondary N) is 1. The van der Waals surface area contributed by atoms with Crippen molar-refractivity contribution in [2.24, 2.45) is 11.5 Å². The van der Waals surface area contributed by atoms with Crippen molar-refractivity contribution < 1.29 is 4.79 Å². The van der Waals surface area contributed by atoms with Crippen molar-refractivity contribution in [1.82, 2.24) is 5.32 Å². The van der Waals surface area contributed by atoms with Crippen molar-refractivity contribution >= 4 is 5.91 Å². The zero-order valence-electron chi connectivity index (χ0n) is 8.18. The number of carbonyl (C=O) groups excluding carboxylic acids is 1. The molecule has 1 aliphatic carbocycles. The minimum absolute atomic E-state index is 0.0904. The Morgan fingerprint density at radius 1 is 1.54 bits per heavy atom. The van der Waals surface area contributed by atoms with Crippen molar-refractivity contribution in [1.29, 1.82) is 0 Å². The van der Waals surface area contributed by atoms with Gasteiger partial charge in [0.25, 0.3) is 0 Å². The fraction of sp³-hybridized carbons (Fsp3) is 0.889. The van der Waals surface area contributed by atoms with Crippen LogP contribution < -0.4 is 16.8 Å². The van der Waals surface area contributed by atoms with Crippen LogP contribution in [0.2, 0.25) is 0 Å². The van der Waals surface area contributed by atoms with Crippen molar-refractivity contribution in [3.8, 4) is 0 Å². The first kappa shape index (κ1) is 10.5. The highest BCUT2D eigenvalue weighted by Gasteiger charge is 2.34. The molecule has 1 fully saturated rings. The van der Waals surface area contributed by atoms with Crippen LogP contribution in [-0.2, 0) is 4.79 Å². The molecule has 0 aliphatic heterocycles. The van der Waals surface area contributed by atoms with Gasteiger partial charge in [-0.25, -0.2) is 0 Å². The Morgan fingerprint density at radius 3 is 2.46 bits per heavy atom. The molecule has 0 aromatic carbocycles. The summed E-state index contributed by atoms with van der Waals surface area (Å²) in [6.45, 7) is 2.21. The minimum atomic E-state index is -0.441. The number of hydrogen-bond acceptors (Lipinski definition) is 3. The smallest absolute Gasteiger partial charge is 0.237 e. The van der Waals surface area contributed by atoms with E-state index in [9.17, 15) is 4.79 Å². The van der Waals surface area contributed by atoms with Crippen molar-refractivity contribution in [3.63, 3.8) is 0 Å². The van der Waals surface area contributed by atoms with Crippen LogP contribution in [0.1, 0.15) is 32.6 Å². The Balaban J connectivity index is 2.53. The largest absolute Gasteiger partial charge is 0.348 e. The average molecular weight is 185 g/mol. The molecular weight excluding hydrogens is 166 g/mol. The molecule has 0 saturated heterocycles. The van der Waals surface area contributed by atoms with Crippen molar-refractivity contribution in [2.75, 3.05) is 6.54 Å². The van der Waals surface area contributed by atoms with Gasteiger partial charge in [0.15, 0.2) is 0 Å². The van der Waals surface area contributed by atoms with Gasteiger partial charge in [-0.1, -0.05) is 12.8 Å². The van der Waals surface area contributed by atoms with Gasteiger partial charge in [0.1, 0.15) is 0 Å². The molecule has 1 rings (SSSR count). The molecule has 0 aromatic rings. The molecule has 0 spiro atoms. The number of rotatable bonds is 3. The highest BCUT2D eigenvalue weighted by Crippen LogP contribution is 2.28. The summed E-state index contributed by atoms with van der Waals surface area (Å²) in [5.41, 5.74) is 11.0. The lowest BCUT2D eigenvalue weighted by atomic mass is 9.97. The molecular formula is C9H19N3O. The summed E-state index contributed by atoms with van der Waals surface area (Å²) in [6.07, 6.45) is 4.27. The van der Waals surface area contributed by atoms with Gasteiger partial charge in [0.2, 0.25) is 5.91 Å². The van der Waals surface area contributed by atoms with Crippen LogP contribution >= 0.6 is 0 Å². The fourth-order valence-electron chi connectivity index (χ4n) is 1.81. The Kier molecular flexibility index (Phi) is 3.27. The van der Waals surface area contributed by atoms with E-state index < -0.39 is 6.04 Å². The maximum absolute atomic E-state index is 11.4. The predicted octanol–water partition coefficient (Wildman–Crippen LogP) is -0.279. The van der Waals surface area contributed by atoms with E-state index in [1.165, 1.54) is 0 Å². The summed E-state index contributed by atoms with van der Waals surface area (Å²) in [5, 5.41) is 2.95. The van der Waals surface area contributed by atoms with E-state index >= 15 is 0 Å². The number of nitrogens with two attached hydrogens (primary N) is 2. The lowest BCUT2D eigenvalue weighted by Crippen LogP contribution is -2.55. The van der Waals surface area contributed by atoms with E-state index in [1.54, 1.807) is 6.92 Å². The van der Waals surface area contributed by atoms with E-state index in [1.807, 2.05) is 0 Å². The van der Waals surface area contributed by atoms with Gasteiger partial charge in [-0.3, -0.25) is 4.79 Å². The van der Waals surface area contributed by atoms with Crippen LogP contribution in [0, 0.1) is 0 Å². The second-order valence-electron chi connectivity index (χ2n) is 3.97. The Morgan fingerprint density at radius 2 is 2.08 bits per heavy atom. The number of hydrogen-bond donors (Lipinski definition) is 3. The third-order valence-corrected chi connectivity index (χ3v) is 2.75. The quantitative estimate of drug-likeness (QED) is 0.565. The third-order valence-electron chi connectivity index (χ3n) is 2.75. The molecule has 0 unspecified atom stereocenters. The highest BCUT2D eigenvalue weighted by molar-refractivity contribution is 5.81. The van der Waals surface area contributed by atoms with Crippen LogP contribution in [0.4, 0.5) is 0 Å². The van der Waals surface area contributed by atoms with Gasteiger partial charge >= 0.3 is 0 Å². The van der Waals surface area contributed by atoms with Crippen molar-refractivity contribution in [3.05, 3.63) is 0 Å². The molecule has 4 heteroatoms. The van der Waals surface area contributed by atoms with E-state index in [2.05, 4.69) is 5.32 Å². The normalized spacial score (nSPS) is 22.7. The SMILES string of the molecule is C[C@@H](N)C(=O)NC1(CN)CCCC1. The first-order valence-corrected chi connectivity index (χ1v) is 4.87. The van der Waals surface area contributed by atoms with Gasteiger partial charge < -0.3 is 16.8 Å². The first-order chi connectivity index (χ1) is 6.09. The molecule has 0 aromatic heterocycles. The Bertz CT molecular complexity index is 185. The zero-order chi connectivity index (χ0) is 9.90. The topological polar surface area (TPSA) is 81.1 Å². The summed E-state index contributed by atoms with van der Waals surface area (Å²) in [4.78, 5) is 11.4. The van der Waals surface area contributed by atoms with E-state index in [0.29, 0.717) is 6.54 Å². The molecule has 0 radical (unpaired) electrons. The molecule has 13 heavy (non-hydrogen) atoms. The van der Waals surface area contributed by atoms with Gasteiger partial charge in [-0.15, -0.1) is 0 Å². The standard InChI is InChI=1S/C9H19N3O/c1-7(11)8(13)12-9(6-10)4-2-3-5-9/h7H,2-6,10-11H2,1H3,(H,12,13)/t7-/m1/s1. The summed E-state index contributed by atoms with van der Waals surface area (Å²) in [7, 11) is 0. The molecule has 0 bridgehead atoms. The van der Waals surface area contributed by atoms with Crippen LogP contribution in [0.3, 0.4) is 0 Å². The fourth-order valence-corrected chi connectivity index (χ4v) is 1.81. The third kappa shape index (κ3) is 2.42. The molecule has 76 valence electrons. The monoisotopic (exact) mass is 185 g/mol. The van der Waals surface area contributed by atoms with Crippen LogP contribution in [-0.4, -0.2) is 24.0 Å². The Labute approximate surface area is 79.0 Å². The summed E-state index contributed by atoms with van der Waals surface area (Å²) < 4.78 is 0. The van der Waals surface area contributed by atoms with Gasteiger partial charge in [0.05, 0.1) is 11.6 Å². The molecule has 4 nitrogen and oxygen atoms in total. The zero-order valence-corrected chi connectivity index (χ0v) is 8.18. The number of carbonyl (C=O) groups is 1. The highest BCUT2D eigenvalue weighted by atomic mass is 16.2. The van der Waals surface area contributed by atoms with Crippen LogP contribution in [0.25, 0.3) is 0 Å². The lowest BCUT2D eigenvalue weighted by Gasteiger charge is -2.29. The summed E-state index contributed by atoms with van der Waals surface area (Å²) >= 11 is 0. The minimum Gasteiger partial charge on any atom is -0.348 e. The summed E-state index contributed by atoms with van der Waals surface area (Å²) in [5.74, 6) is -0.0904. The molecule has 1 amide bonds. The Hall–Kier alpha value is -0.610. The lowest BCUT2D eigenvalue weighted by molar-refractivity contribution is -0.123. The van der Waals surface area contributed by atoms with Gasteiger partial charge in [0, 0.05) is 6.54 Å². The second-order valence-corrected chi connectivity index (χ2v) is 3.97. The van der Waals surface area contributed by atoms with Crippen LogP contribution in [0.5, 0.6) is 0 Å². The van der Waals surface area contributed by atoms with Gasteiger partial charge in [-0.2, -0.15) is 0 Å². The molecule has 1 atom stereocenters. The van der Waals surface area contributed by atoms with E-state index in [0.717, 1.165) is 25.7 Å². The molecule has 0 heterocycles. The molecule has 5 N–H and O–H groups in total. The van der Waals surface area contributed by atoms with Gasteiger partial charge in [-0.05, 0) is 19.8 Å². The second kappa shape index (κ2) is 4.07. The number of amides is 1. The van der Waals surface area contributed by atoms with E-state index in [4.69, 9.17) is 11.5 Å². The maximum Gasteiger partial charge on any atom is 0.237 e. The summed E-state index contributed by atoms with van der Waals surface area (Å²) in [6, 6.07) is -0.441. The predicted molar refractivity (Wildman–Crippen MR) is 52.0 cm³/mol. The maximum atomic E-state index is 11.4.